The van der Waals surface area contributed by atoms with Gasteiger partial charge >= 0.3 is 0 Å². The van der Waals surface area contributed by atoms with Crippen LogP contribution >= 0.6 is 0 Å². The molecule has 1 unspecified atom stereocenters. The highest BCUT2D eigenvalue weighted by atomic mass is 32.2. The molecule has 0 radical (unpaired) electrons. The zero-order chi connectivity index (χ0) is 8.27. The maximum absolute atomic E-state index is 10.2. The fraction of sp³-hybridized carbons (Fsp3) is 0.333. The van der Waals surface area contributed by atoms with Crippen molar-refractivity contribution in [1.29, 1.82) is 0 Å². The van der Waals surface area contributed by atoms with E-state index in [-0.39, 0.29) is 5.75 Å². The zero-order valence-electron chi connectivity index (χ0n) is 5.98. The van der Waals surface area contributed by atoms with Gasteiger partial charge in [-0.3, -0.25) is 4.21 Å². The Kier molecular flexibility index (Phi) is 2.67. The summed E-state index contributed by atoms with van der Waals surface area (Å²) >= 11 is -2.10. The number of hydrogen-bond acceptors (Lipinski definition) is 4. The Bertz CT molecular complexity index is 260. The summed E-state index contributed by atoms with van der Waals surface area (Å²) in [6, 6.07) is 0. The molecule has 1 heterocycles. The van der Waals surface area contributed by atoms with Crippen LogP contribution < -0.4 is 0 Å². The normalized spacial score (nSPS) is 12.9. The van der Waals surface area contributed by atoms with Crippen LogP contribution in [-0.4, -0.2) is 18.7 Å². The summed E-state index contributed by atoms with van der Waals surface area (Å²) in [5, 5.41) is 0. The minimum absolute atomic E-state index is 0.111. The first-order valence-electron chi connectivity index (χ1n) is 3.02. The number of aromatic nitrogens is 2. The minimum atomic E-state index is -2.10. The molecule has 60 valence electrons. The first-order chi connectivity index (χ1) is 5.18. The summed E-state index contributed by atoms with van der Waals surface area (Å²) in [6.45, 7) is 1.85. The van der Waals surface area contributed by atoms with Gasteiger partial charge in [-0.2, -0.15) is 0 Å². The summed E-state index contributed by atoms with van der Waals surface area (Å²) in [5.41, 5.74) is 0.922. The second-order valence-electron chi connectivity index (χ2n) is 2.12. The maximum Gasteiger partial charge on any atom is 0.139 e. The summed E-state index contributed by atoms with van der Waals surface area (Å²) in [4.78, 5) is 7.63. The molecule has 0 saturated heterocycles. The van der Waals surface area contributed by atoms with Crippen LogP contribution in [0.3, 0.4) is 0 Å². The van der Waals surface area contributed by atoms with Crippen molar-refractivity contribution >= 4 is 11.1 Å². The van der Waals surface area contributed by atoms with Crippen LogP contribution in [0.5, 0.6) is 0 Å². The van der Waals surface area contributed by atoms with E-state index in [1.807, 2.05) is 6.92 Å². The van der Waals surface area contributed by atoms with Crippen LogP contribution in [-0.2, 0) is 16.8 Å². The summed E-state index contributed by atoms with van der Waals surface area (Å²) in [6.07, 6.45) is 3.18. The van der Waals surface area contributed by atoms with E-state index in [1.165, 1.54) is 0 Å². The van der Waals surface area contributed by atoms with E-state index in [0.29, 0.717) is 5.82 Å². The maximum atomic E-state index is 10.2. The summed E-state index contributed by atoms with van der Waals surface area (Å²) in [7, 11) is 0. The first-order valence-corrected chi connectivity index (χ1v) is 4.26. The molecule has 0 aliphatic carbocycles. The number of nitrogens with zero attached hydrogens (tertiary/aromatic N) is 2. The van der Waals surface area contributed by atoms with Crippen LogP contribution in [0.2, 0.25) is 0 Å². The lowest BCUT2D eigenvalue weighted by atomic mass is 10.4. The van der Waals surface area contributed by atoms with Gasteiger partial charge in [0.2, 0.25) is 0 Å². The predicted molar refractivity (Wildman–Crippen MR) is 39.4 cm³/mol. The molecule has 0 spiro atoms. The smallest absolute Gasteiger partial charge is 0.139 e. The second kappa shape index (κ2) is 3.54. The lowest BCUT2D eigenvalue weighted by molar-refractivity contribution is 0.535. The van der Waals surface area contributed by atoms with Crippen molar-refractivity contribution < 1.29 is 8.76 Å². The Morgan fingerprint density at radius 3 is 2.55 bits per heavy atom. The summed E-state index contributed by atoms with van der Waals surface area (Å²) < 4.78 is 20.3. The average molecular weight is 171 g/mol. The Hall–Kier alpha value is -0.810. The molecule has 0 saturated carbocycles. The molecule has 5 heteroatoms. The van der Waals surface area contributed by atoms with Crippen molar-refractivity contribution in [2.24, 2.45) is 0 Å². The van der Waals surface area contributed by atoms with Crippen molar-refractivity contribution in [2.75, 3.05) is 0 Å². The third kappa shape index (κ3) is 2.73. The number of aryl methyl sites for hydroxylation is 1. The molecule has 1 aromatic rings. The molecule has 0 aliphatic rings. The van der Waals surface area contributed by atoms with Crippen molar-refractivity contribution in [3.8, 4) is 0 Å². The Morgan fingerprint density at radius 1 is 1.55 bits per heavy atom. The summed E-state index contributed by atoms with van der Waals surface area (Å²) in [5.74, 6) is 0.226. The highest BCUT2D eigenvalue weighted by Gasteiger charge is 1.93. The van der Waals surface area contributed by atoms with Crippen LogP contribution in [0.15, 0.2) is 12.4 Å². The molecule has 11 heavy (non-hydrogen) atoms. The van der Waals surface area contributed by atoms with Gasteiger partial charge in [-0.1, -0.05) is 0 Å². The Morgan fingerprint density at radius 2 is 2.09 bits per heavy atom. The standard InChI is InChI=1S/C6H8N2O2S/c1-5-2-7-6(8-3-5)4-11(9)10/h2-3H,4H2,1H3,(H,9,10)/p-1. The second-order valence-corrected chi connectivity index (χ2v) is 3.02. The van der Waals surface area contributed by atoms with E-state index in [4.69, 9.17) is 0 Å². The third-order valence-electron chi connectivity index (χ3n) is 1.08. The number of rotatable bonds is 2. The molecule has 0 aliphatic heterocycles. The van der Waals surface area contributed by atoms with Crippen LogP contribution in [0.25, 0.3) is 0 Å². The van der Waals surface area contributed by atoms with E-state index in [0.717, 1.165) is 5.56 Å². The van der Waals surface area contributed by atoms with E-state index < -0.39 is 11.1 Å². The third-order valence-corrected chi connectivity index (χ3v) is 1.58. The largest absolute Gasteiger partial charge is 0.772 e. The van der Waals surface area contributed by atoms with Crippen molar-refractivity contribution in [2.45, 2.75) is 12.7 Å². The van der Waals surface area contributed by atoms with Gasteiger partial charge in [0.05, 0.1) is 5.75 Å². The lowest BCUT2D eigenvalue weighted by Gasteiger charge is -2.02. The highest BCUT2D eigenvalue weighted by Crippen LogP contribution is 1.95. The molecule has 0 fully saturated rings. The van der Waals surface area contributed by atoms with Gasteiger partial charge < -0.3 is 4.55 Å². The Labute approximate surface area is 67.0 Å². The topological polar surface area (TPSA) is 65.9 Å². The molecule has 0 amide bonds. The van der Waals surface area contributed by atoms with Gasteiger partial charge in [0.1, 0.15) is 5.82 Å². The molecular weight excluding hydrogens is 164 g/mol. The van der Waals surface area contributed by atoms with E-state index in [1.54, 1.807) is 12.4 Å². The molecule has 0 bridgehead atoms. The quantitative estimate of drug-likeness (QED) is 0.595. The van der Waals surface area contributed by atoms with Crippen molar-refractivity contribution in [1.82, 2.24) is 9.97 Å². The van der Waals surface area contributed by atoms with E-state index in [2.05, 4.69) is 9.97 Å². The predicted octanol–water partition coefficient (Wildman–Crippen LogP) is 0.164. The zero-order valence-corrected chi connectivity index (χ0v) is 6.80. The van der Waals surface area contributed by atoms with E-state index in [9.17, 15) is 8.76 Å². The van der Waals surface area contributed by atoms with Crippen molar-refractivity contribution in [3.63, 3.8) is 0 Å². The fourth-order valence-corrected chi connectivity index (χ4v) is 0.959. The number of hydrogen-bond donors (Lipinski definition) is 0. The Balaban J connectivity index is 2.74. The van der Waals surface area contributed by atoms with Gasteiger partial charge in [-0.05, 0) is 23.6 Å². The molecule has 1 rings (SSSR count). The monoisotopic (exact) mass is 171 g/mol. The SMILES string of the molecule is Cc1cnc(CS(=O)[O-])nc1. The molecule has 4 nitrogen and oxygen atoms in total. The first kappa shape index (κ1) is 8.29. The molecule has 1 atom stereocenters. The average Bonchev–Trinajstić information content (AvgIpc) is 1.93. The van der Waals surface area contributed by atoms with Gasteiger partial charge in [-0.15, -0.1) is 0 Å². The lowest BCUT2D eigenvalue weighted by Crippen LogP contribution is -1.99. The van der Waals surface area contributed by atoms with Crippen LogP contribution in [0, 0.1) is 6.92 Å². The van der Waals surface area contributed by atoms with Gasteiger partial charge in [-0.25, -0.2) is 9.97 Å². The fourth-order valence-electron chi connectivity index (χ4n) is 0.599. The molecule has 0 N–H and O–H groups in total. The molecule has 1 aromatic heterocycles. The highest BCUT2D eigenvalue weighted by molar-refractivity contribution is 7.78. The molecular formula is C6H7N2O2S-. The molecule has 0 aromatic carbocycles. The van der Waals surface area contributed by atoms with Crippen LogP contribution in [0.4, 0.5) is 0 Å². The van der Waals surface area contributed by atoms with Gasteiger partial charge in [0, 0.05) is 12.4 Å². The van der Waals surface area contributed by atoms with Crippen molar-refractivity contribution in [3.05, 3.63) is 23.8 Å². The van der Waals surface area contributed by atoms with Gasteiger partial charge in [0.25, 0.3) is 0 Å². The minimum Gasteiger partial charge on any atom is -0.772 e. The van der Waals surface area contributed by atoms with E-state index >= 15 is 0 Å². The van der Waals surface area contributed by atoms with Gasteiger partial charge in [0.15, 0.2) is 0 Å². The van der Waals surface area contributed by atoms with Crippen LogP contribution in [0.1, 0.15) is 11.4 Å².